The Kier molecular flexibility index (Phi) is 8.32. The van der Waals surface area contributed by atoms with Crippen molar-refractivity contribution in [3.8, 4) is 17.2 Å². The third-order valence-electron chi connectivity index (χ3n) is 9.20. The first-order valence-electron chi connectivity index (χ1n) is 14.4. The van der Waals surface area contributed by atoms with Crippen molar-refractivity contribution in [2.45, 2.75) is 93.0 Å². The van der Waals surface area contributed by atoms with Crippen LogP contribution in [0.15, 0.2) is 24.3 Å². The Labute approximate surface area is 247 Å². The number of hydrogen-bond acceptors (Lipinski definition) is 13. The molecule has 2 fully saturated rings. The van der Waals surface area contributed by atoms with Crippen molar-refractivity contribution < 1.29 is 64.5 Å². The summed E-state index contributed by atoms with van der Waals surface area (Å²) in [6.45, 7) is 0.611. The highest BCUT2D eigenvalue weighted by Gasteiger charge is 2.53. The lowest BCUT2D eigenvalue weighted by Gasteiger charge is -2.41. The molecule has 0 bridgehead atoms. The minimum atomic E-state index is -1.72. The monoisotopic (exact) mass is 606 g/mol. The number of rotatable bonds is 6. The Hall–Kier alpha value is -2.56. The van der Waals surface area contributed by atoms with Gasteiger partial charge in [0, 0.05) is 24.3 Å². The first-order chi connectivity index (χ1) is 20.6. The number of ether oxygens (including phenoxy) is 5. The summed E-state index contributed by atoms with van der Waals surface area (Å²) in [6.07, 6.45) is -13.5. The zero-order chi connectivity index (χ0) is 30.7. The Balaban J connectivity index is 1.46. The predicted octanol–water partition coefficient (Wildman–Crippen LogP) is -1.14. The molecule has 236 valence electrons. The van der Waals surface area contributed by atoms with Crippen LogP contribution in [0.3, 0.4) is 0 Å². The number of aliphatic hydroxyl groups excluding tert-OH is 8. The van der Waals surface area contributed by atoms with Crippen molar-refractivity contribution in [3.05, 3.63) is 52.1 Å². The van der Waals surface area contributed by atoms with E-state index in [0.29, 0.717) is 22.4 Å². The largest absolute Gasteiger partial charge is 0.497 e. The second-order valence-electron chi connectivity index (χ2n) is 11.6. The SMILES string of the molecule is COc1ccc([C@@H]2C[C@@H](O)c3c(c(C)c4c(c3O[C@@H]3O[C@H](CO)[C@@H](O)[C@H](O)[C@H]3O)C[C@@H]3O[C@H](CO)[C@@H](O)[C@H](O)[C@@H]43)O2)cc1. The maximum Gasteiger partial charge on any atom is 0.229 e. The molecule has 0 aromatic heterocycles. The highest BCUT2D eigenvalue weighted by molar-refractivity contribution is 5.64. The van der Waals surface area contributed by atoms with E-state index >= 15 is 0 Å². The van der Waals surface area contributed by atoms with Crippen LogP contribution >= 0.6 is 0 Å². The van der Waals surface area contributed by atoms with Gasteiger partial charge in [-0.15, -0.1) is 0 Å². The quantitative estimate of drug-likeness (QED) is 0.196. The molecule has 1 aliphatic carbocycles. The average Bonchev–Trinajstić information content (AvgIpc) is 3.40. The predicted molar refractivity (Wildman–Crippen MR) is 146 cm³/mol. The van der Waals surface area contributed by atoms with Gasteiger partial charge in [0.15, 0.2) is 0 Å². The average molecular weight is 607 g/mol. The molecule has 8 N–H and O–H groups in total. The molecule has 12 atom stereocenters. The van der Waals surface area contributed by atoms with Gasteiger partial charge in [0.1, 0.15) is 60.0 Å². The third-order valence-corrected chi connectivity index (χ3v) is 9.20. The fourth-order valence-corrected chi connectivity index (χ4v) is 6.92. The summed E-state index contributed by atoms with van der Waals surface area (Å²) in [5, 5.41) is 84.4. The number of methoxy groups -OCH3 is 1. The van der Waals surface area contributed by atoms with Gasteiger partial charge in [-0.1, -0.05) is 12.1 Å². The van der Waals surface area contributed by atoms with Crippen LogP contribution in [0.25, 0.3) is 0 Å². The molecule has 13 heteroatoms. The summed E-state index contributed by atoms with van der Waals surface area (Å²) in [5.74, 6) is 0.282. The minimum Gasteiger partial charge on any atom is -0.497 e. The number of fused-ring (bicyclic) bond motifs is 4. The van der Waals surface area contributed by atoms with E-state index in [0.717, 1.165) is 5.56 Å². The van der Waals surface area contributed by atoms with Gasteiger partial charge < -0.3 is 64.5 Å². The summed E-state index contributed by atoms with van der Waals surface area (Å²) in [6, 6.07) is 7.22. The molecule has 0 unspecified atom stereocenters. The molecule has 0 spiro atoms. The van der Waals surface area contributed by atoms with Gasteiger partial charge in [0.2, 0.25) is 6.29 Å². The van der Waals surface area contributed by atoms with E-state index in [1.165, 1.54) is 0 Å². The van der Waals surface area contributed by atoms with Gasteiger partial charge in [-0.05, 0) is 35.7 Å². The lowest BCUT2D eigenvalue weighted by molar-refractivity contribution is -0.277. The van der Waals surface area contributed by atoms with Gasteiger partial charge in [-0.2, -0.15) is 0 Å². The molecule has 2 aromatic rings. The van der Waals surface area contributed by atoms with Crippen molar-refractivity contribution in [1.29, 1.82) is 0 Å². The summed E-state index contributed by atoms with van der Waals surface area (Å²) >= 11 is 0. The summed E-state index contributed by atoms with van der Waals surface area (Å²) in [5.41, 5.74) is 2.72. The molecule has 4 aliphatic rings. The molecular formula is C30H38O13. The third kappa shape index (κ3) is 4.97. The second kappa shape index (κ2) is 11.7. The summed E-state index contributed by atoms with van der Waals surface area (Å²) in [7, 11) is 1.56. The smallest absolute Gasteiger partial charge is 0.229 e. The topological polar surface area (TPSA) is 208 Å². The molecular weight excluding hydrogens is 568 g/mol. The zero-order valence-corrected chi connectivity index (χ0v) is 23.7. The molecule has 6 rings (SSSR count). The van der Waals surface area contributed by atoms with Crippen molar-refractivity contribution in [1.82, 2.24) is 0 Å². The van der Waals surface area contributed by atoms with Crippen molar-refractivity contribution >= 4 is 0 Å². The Morgan fingerprint density at radius 1 is 0.814 bits per heavy atom. The van der Waals surface area contributed by atoms with E-state index in [1.54, 1.807) is 26.2 Å². The van der Waals surface area contributed by atoms with Gasteiger partial charge in [0.05, 0.1) is 44.2 Å². The first kappa shape index (κ1) is 30.5. The first-order valence-corrected chi connectivity index (χ1v) is 14.4. The second-order valence-corrected chi connectivity index (χ2v) is 11.6. The van der Waals surface area contributed by atoms with E-state index < -0.39 is 86.5 Å². The normalized spacial score (nSPS) is 38.5. The van der Waals surface area contributed by atoms with Crippen LogP contribution in [0.1, 0.15) is 52.4 Å². The highest BCUT2D eigenvalue weighted by Crippen LogP contribution is 2.56. The molecule has 0 radical (unpaired) electrons. The van der Waals surface area contributed by atoms with Crippen molar-refractivity contribution in [2.24, 2.45) is 0 Å². The van der Waals surface area contributed by atoms with Gasteiger partial charge in [-0.25, -0.2) is 0 Å². The zero-order valence-electron chi connectivity index (χ0n) is 23.7. The van der Waals surface area contributed by atoms with Crippen LogP contribution in [-0.2, 0) is 15.9 Å². The number of aliphatic hydroxyl groups is 8. The van der Waals surface area contributed by atoms with E-state index in [-0.39, 0.29) is 29.9 Å². The maximum absolute atomic E-state index is 11.6. The van der Waals surface area contributed by atoms with E-state index in [9.17, 15) is 40.9 Å². The molecule has 0 saturated carbocycles. The standard InChI is InChI=1S/C30H38O13/c1-11-20-14(7-17-22(20)25(36)23(34)18(9-31)40-17)29(43-30-27(38)26(37)24(35)19(10-32)42-30)21-15(33)8-16(41-28(11)21)12-3-5-13(39-2)6-4-12/h3-6,15-19,22-27,30-38H,7-10H2,1-2H3/t15-,16+,17+,18-,19-,22-,23-,24-,25-,26+,27-,30+/m1/s1. The molecule has 2 saturated heterocycles. The fraction of sp³-hybridized carbons (Fsp3) is 0.600. The van der Waals surface area contributed by atoms with Crippen LogP contribution in [0.5, 0.6) is 17.2 Å². The van der Waals surface area contributed by atoms with E-state index in [4.69, 9.17) is 23.7 Å². The fourth-order valence-electron chi connectivity index (χ4n) is 6.92. The van der Waals surface area contributed by atoms with Crippen LogP contribution in [-0.4, -0.2) is 116 Å². The van der Waals surface area contributed by atoms with Gasteiger partial charge in [-0.3, -0.25) is 0 Å². The number of hydrogen-bond donors (Lipinski definition) is 8. The number of benzene rings is 2. The van der Waals surface area contributed by atoms with Crippen LogP contribution in [0.2, 0.25) is 0 Å². The van der Waals surface area contributed by atoms with Crippen molar-refractivity contribution in [2.75, 3.05) is 20.3 Å². The molecule has 2 aromatic carbocycles. The Bertz CT molecular complexity index is 1320. The summed E-state index contributed by atoms with van der Waals surface area (Å²) < 4.78 is 29.6. The molecule has 0 amide bonds. The maximum atomic E-state index is 11.6. The lowest BCUT2D eigenvalue weighted by Crippen LogP contribution is -2.60. The van der Waals surface area contributed by atoms with Gasteiger partial charge in [0.25, 0.3) is 0 Å². The summed E-state index contributed by atoms with van der Waals surface area (Å²) in [4.78, 5) is 0. The Morgan fingerprint density at radius 3 is 2.12 bits per heavy atom. The minimum absolute atomic E-state index is 0.0841. The van der Waals surface area contributed by atoms with Crippen LogP contribution < -0.4 is 14.2 Å². The Morgan fingerprint density at radius 2 is 1.47 bits per heavy atom. The molecule has 43 heavy (non-hydrogen) atoms. The van der Waals surface area contributed by atoms with Crippen LogP contribution in [0.4, 0.5) is 0 Å². The van der Waals surface area contributed by atoms with Gasteiger partial charge >= 0.3 is 0 Å². The lowest BCUT2D eigenvalue weighted by atomic mass is 9.82. The molecule has 13 nitrogen and oxygen atoms in total. The van der Waals surface area contributed by atoms with E-state index in [2.05, 4.69) is 0 Å². The molecule has 3 aliphatic heterocycles. The molecule has 3 heterocycles. The van der Waals surface area contributed by atoms with Crippen LogP contribution in [0, 0.1) is 6.92 Å². The highest BCUT2D eigenvalue weighted by atomic mass is 16.7. The van der Waals surface area contributed by atoms with Crippen molar-refractivity contribution in [3.63, 3.8) is 0 Å². The van der Waals surface area contributed by atoms with E-state index in [1.807, 2.05) is 12.1 Å².